The van der Waals surface area contributed by atoms with E-state index in [0.29, 0.717) is 5.56 Å². The van der Waals surface area contributed by atoms with E-state index in [9.17, 15) is 13.6 Å². The lowest BCUT2D eigenvalue weighted by atomic mass is 10.1. The molecule has 0 amide bonds. The van der Waals surface area contributed by atoms with Gasteiger partial charge in [0.05, 0.1) is 0 Å². The van der Waals surface area contributed by atoms with Crippen molar-refractivity contribution in [3.05, 3.63) is 70.8 Å². The van der Waals surface area contributed by atoms with E-state index >= 15 is 0 Å². The maximum absolute atomic E-state index is 13.4. The molecule has 19 heavy (non-hydrogen) atoms. The van der Waals surface area contributed by atoms with Gasteiger partial charge in [0.2, 0.25) is 0 Å². The number of carbonyl (C=O) groups excluding carboxylic acids is 1. The summed E-state index contributed by atoms with van der Waals surface area (Å²) in [6.07, 6.45) is 3.17. The first-order valence-electron chi connectivity index (χ1n) is 5.80. The van der Waals surface area contributed by atoms with E-state index in [0.717, 1.165) is 23.8 Å². The summed E-state index contributed by atoms with van der Waals surface area (Å²) in [4.78, 5) is 11.1. The normalized spacial score (nSPS) is 10.9. The predicted octanol–water partition coefficient (Wildman–Crippen LogP) is 4.34. The van der Waals surface area contributed by atoms with Gasteiger partial charge in [0, 0.05) is 11.1 Å². The third kappa shape index (κ3) is 3.35. The zero-order valence-corrected chi connectivity index (χ0v) is 10.4. The molecule has 0 aromatic heterocycles. The van der Waals surface area contributed by atoms with Gasteiger partial charge < -0.3 is 0 Å². The minimum Gasteiger partial charge on any atom is -0.295 e. The maximum Gasteiger partial charge on any atom is 0.159 e. The molecule has 0 aliphatic rings. The Labute approximate surface area is 110 Å². The van der Waals surface area contributed by atoms with Crippen molar-refractivity contribution in [3.8, 4) is 0 Å². The molecule has 0 heterocycles. The molecule has 2 aromatic rings. The molecule has 0 aliphatic carbocycles. The quantitative estimate of drug-likeness (QED) is 0.591. The Morgan fingerprint density at radius 3 is 2.32 bits per heavy atom. The van der Waals surface area contributed by atoms with Crippen LogP contribution in [0.2, 0.25) is 0 Å². The summed E-state index contributed by atoms with van der Waals surface area (Å²) in [6.45, 7) is 1.49. The molecule has 0 fully saturated rings. The summed E-state index contributed by atoms with van der Waals surface area (Å²) in [7, 11) is 0. The Balaban J connectivity index is 2.22. The summed E-state index contributed by atoms with van der Waals surface area (Å²) < 4.78 is 26.4. The van der Waals surface area contributed by atoms with Crippen LogP contribution >= 0.6 is 0 Å². The van der Waals surface area contributed by atoms with Crippen LogP contribution in [0.25, 0.3) is 12.2 Å². The summed E-state index contributed by atoms with van der Waals surface area (Å²) in [5.41, 5.74) is 1.62. The molecular formula is C16H12F2O. The molecule has 0 unspecified atom stereocenters. The van der Waals surface area contributed by atoms with E-state index in [2.05, 4.69) is 0 Å². The van der Waals surface area contributed by atoms with Crippen LogP contribution in [0.4, 0.5) is 8.78 Å². The SMILES string of the molecule is CC(=O)c1ccc(/C=C/c2cc(F)ccc2F)cc1. The molecule has 2 aromatic carbocycles. The van der Waals surface area contributed by atoms with Gasteiger partial charge in [-0.1, -0.05) is 36.4 Å². The van der Waals surface area contributed by atoms with Crippen molar-refractivity contribution in [2.75, 3.05) is 0 Å². The van der Waals surface area contributed by atoms with Crippen molar-refractivity contribution >= 4 is 17.9 Å². The monoisotopic (exact) mass is 258 g/mol. The van der Waals surface area contributed by atoms with E-state index in [4.69, 9.17) is 0 Å². The number of halogens is 2. The van der Waals surface area contributed by atoms with Crippen LogP contribution in [-0.2, 0) is 0 Å². The molecule has 0 saturated carbocycles. The Morgan fingerprint density at radius 2 is 1.68 bits per heavy atom. The second kappa shape index (κ2) is 5.57. The first-order chi connectivity index (χ1) is 9.06. The molecule has 0 spiro atoms. The first-order valence-corrected chi connectivity index (χ1v) is 5.80. The van der Waals surface area contributed by atoms with Crippen molar-refractivity contribution in [2.45, 2.75) is 6.92 Å². The highest BCUT2D eigenvalue weighted by Gasteiger charge is 2.00. The van der Waals surface area contributed by atoms with Gasteiger partial charge in [-0.25, -0.2) is 8.78 Å². The lowest BCUT2D eigenvalue weighted by Gasteiger charge is -1.99. The van der Waals surface area contributed by atoms with Gasteiger partial charge in [-0.3, -0.25) is 4.79 Å². The molecule has 3 heteroatoms. The van der Waals surface area contributed by atoms with Crippen LogP contribution in [0.15, 0.2) is 42.5 Å². The number of benzene rings is 2. The Hall–Kier alpha value is -2.29. The maximum atomic E-state index is 13.4. The lowest BCUT2D eigenvalue weighted by molar-refractivity contribution is 0.101. The van der Waals surface area contributed by atoms with E-state index in [-0.39, 0.29) is 11.3 Å². The molecule has 0 radical (unpaired) electrons. The topological polar surface area (TPSA) is 17.1 Å². The number of hydrogen-bond donors (Lipinski definition) is 0. The molecule has 1 nitrogen and oxygen atoms in total. The van der Waals surface area contributed by atoms with E-state index in [1.807, 2.05) is 0 Å². The molecule has 0 aliphatic heterocycles. The average Bonchev–Trinajstić information content (AvgIpc) is 2.40. The molecule has 0 bridgehead atoms. The fourth-order valence-electron chi connectivity index (χ4n) is 1.66. The van der Waals surface area contributed by atoms with Gasteiger partial charge in [-0.15, -0.1) is 0 Å². The van der Waals surface area contributed by atoms with Crippen molar-refractivity contribution in [1.29, 1.82) is 0 Å². The highest BCUT2D eigenvalue weighted by Crippen LogP contribution is 2.14. The first kappa shape index (κ1) is 13.1. The number of hydrogen-bond acceptors (Lipinski definition) is 1. The standard InChI is InChI=1S/C16H12F2O/c1-11(19)13-5-2-12(3-6-13)4-7-14-10-15(17)8-9-16(14)18/h2-10H,1H3/b7-4+. The van der Waals surface area contributed by atoms with Crippen molar-refractivity contribution in [1.82, 2.24) is 0 Å². The smallest absolute Gasteiger partial charge is 0.159 e. The second-order valence-electron chi connectivity index (χ2n) is 4.18. The number of Topliss-reactive ketones (excluding diaryl/α,β-unsaturated/α-hetero) is 1. The van der Waals surface area contributed by atoms with E-state index < -0.39 is 11.6 Å². The fraction of sp³-hybridized carbons (Fsp3) is 0.0625. The zero-order chi connectivity index (χ0) is 13.8. The van der Waals surface area contributed by atoms with Crippen LogP contribution in [0, 0.1) is 11.6 Å². The minimum atomic E-state index is -0.479. The van der Waals surface area contributed by atoms with Crippen LogP contribution in [-0.4, -0.2) is 5.78 Å². The Morgan fingerprint density at radius 1 is 1.00 bits per heavy atom. The average molecular weight is 258 g/mol. The largest absolute Gasteiger partial charge is 0.295 e. The third-order valence-electron chi connectivity index (χ3n) is 2.73. The van der Waals surface area contributed by atoms with Crippen molar-refractivity contribution in [3.63, 3.8) is 0 Å². The third-order valence-corrected chi connectivity index (χ3v) is 2.73. The summed E-state index contributed by atoms with van der Waals surface area (Å²) >= 11 is 0. The van der Waals surface area contributed by atoms with Gasteiger partial charge in [-0.05, 0) is 30.7 Å². The number of ketones is 1. The van der Waals surface area contributed by atoms with E-state index in [1.54, 1.807) is 30.3 Å². The fourth-order valence-corrected chi connectivity index (χ4v) is 1.66. The highest BCUT2D eigenvalue weighted by molar-refractivity contribution is 5.94. The second-order valence-corrected chi connectivity index (χ2v) is 4.18. The van der Waals surface area contributed by atoms with Crippen LogP contribution in [0.5, 0.6) is 0 Å². The van der Waals surface area contributed by atoms with E-state index in [1.165, 1.54) is 13.0 Å². The number of rotatable bonds is 3. The molecule has 2 rings (SSSR count). The van der Waals surface area contributed by atoms with Gasteiger partial charge in [0.1, 0.15) is 11.6 Å². The summed E-state index contributed by atoms with van der Waals surface area (Å²) in [5, 5.41) is 0. The van der Waals surface area contributed by atoms with Crippen molar-refractivity contribution < 1.29 is 13.6 Å². The Kier molecular flexibility index (Phi) is 3.85. The summed E-state index contributed by atoms with van der Waals surface area (Å²) in [5.74, 6) is -0.960. The summed E-state index contributed by atoms with van der Waals surface area (Å²) in [6, 6.07) is 10.2. The highest BCUT2D eigenvalue weighted by atomic mass is 19.1. The molecule has 0 atom stereocenters. The predicted molar refractivity (Wildman–Crippen MR) is 71.7 cm³/mol. The van der Waals surface area contributed by atoms with Gasteiger partial charge in [-0.2, -0.15) is 0 Å². The minimum absolute atomic E-state index is 0.00768. The van der Waals surface area contributed by atoms with Gasteiger partial charge in [0.25, 0.3) is 0 Å². The Bertz CT molecular complexity index is 628. The molecule has 0 saturated heterocycles. The molecule has 96 valence electrons. The number of carbonyl (C=O) groups is 1. The van der Waals surface area contributed by atoms with Crippen LogP contribution in [0.3, 0.4) is 0 Å². The molecule has 0 N–H and O–H groups in total. The van der Waals surface area contributed by atoms with Gasteiger partial charge >= 0.3 is 0 Å². The van der Waals surface area contributed by atoms with Crippen LogP contribution < -0.4 is 0 Å². The van der Waals surface area contributed by atoms with Gasteiger partial charge in [0.15, 0.2) is 5.78 Å². The zero-order valence-electron chi connectivity index (χ0n) is 10.4. The lowest BCUT2D eigenvalue weighted by Crippen LogP contribution is -1.90. The van der Waals surface area contributed by atoms with Crippen molar-refractivity contribution in [2.24, 2.45) is 0 Å². The van der Waals surface area contributed by atoms with Crippen LogP contribution in [0.1, 0.15) is 28.4 Å². The molecular weight excluding hydrogens is 246 g/mol.